The Balaban J connectivity index is 1.28. The van der Waals surface area contributed by atoms with E-state index in [4.69, 9.17) is 0 Å². The number of benzene rings is 2. The lowest BCUT2D eigenvalue weighted by Crippen LogP contribution is -2.50. The second-order valence-electron chi connectivity index (χ2n) is 12.6. The number of aromatic amines is 2. The molecule has 10 heteroatoms. The number of carbonyl (C=O) groups excluding carboxylic acids is 2. The summed E-state index contributed by atoms with van der Waals surface area (Å²) in [5.74, 6) is -2.29. The summed E-state index contributed by atoms with van der Waals surface area (Å²) in [6.07, 6.45) is 16.9. The van der Waals surface area contributed by atoms with Crippen LogP contribution in [0.15, 0.2) is 46.0 Å². The Morgan fingerprint density at radius 2 is 1.00 bits per heavy atom. The maximum atomic E-state index is 14.4. The average molecular weight is 647 g/mol. The van der Waals surface area contributed by atoms with Gasteiger partial charge in [-0.2, -0.15) is 0 Å². The van der Waals surface area contributed by atoms with E-state index < -0.39 is 34.6 Å². The number of nitrogens with one attached hydrogen (secondary N) is 2. The van der Waals surface area contributed by atoms with Crippen LogP contribution in [0.5, 0.6) is 0 Å². The monoisotopic (exact) mass is 646 g/mol. The molecule has 0 fully saturated rings. The van der Waals surface area contributed by atoms with Crippen molar-refractivity contribution in [3.05, 3.63) is 90.6 Å². The Hall–Kier alpha value is -4.34. The zero-order valence-corrected chi connectivity index (χ0v) is 27.4. The number of aromatic nitrogens is 2. The Morgan fingerprint density at radius 1 is 0.574 bits per heavy atom. The third-order valence-corrected chi connectivity index (χ3v) is 9.25. The van der Waals surface area contributed by atoms with Gasteiger partial charge in [0.25, 0.3) is 22.9 Å². The van der Waals surface area contributed by atoms with Gasteiger partial charge < -0.3 is 19.8 Å². The maximum absolute atomic E-state index is 14.4. The summed E-state index contributed by atoms with van der Waals surface area (Å²) in [5.41, 5.74) is -0.687. The molecule has 0 radical (unpaired) electrons. The van der Waals surface area contributed by atoms with Gasteiger partial charge in [-0.15, -0.1) is 0 Å². The molecular weight excluding hydrogens is 602 g/mol. The molecule has 2 aromatic carbocycles. The molecule has 8 nitrogen and oxygen atoms in total. The fourth-order valence-corrected chi connectivity index (χ4v) is 6.68. The Kier molecular flexibility index (Phi) is 11.2. The van der Waals surface area contributed by atoms with Crippen molar-refractivity contribution in [2.24, 2.45) is 0 Å². The molecule has 0 spiro atoms. The number of carbonyl (C=O) groups is 2. The molecule has 0 bridgehead atoms. The number of unbranched alkanes of at least 4 members (excludes halogenated alkanes) is 13. The van der Waals surface area contributed by atoms with Crippen LogP contribution in [0.4, 0.5) is 20.2 Å². The molecule has 0 atom stereocenters. The highest BCUT2D eigenvalue weighted by molar-refractivity contribution is 6.32. The quantitative estimate of drug-likeness (QED) is 0.212. The van der Waals surface area contributed by atoms with Gasteiger partial charge in [-0.3, -0.25) is 19.2 Å². The summed E-state index contributed by atoms with van der Waals surface area (Å²) in [4.78, 5) is 61.3. The zero-order chi connectivity index (χ0) is 33.5. The van der Waals surface area contributed by atoms with E-state index >= 15 is 0 Å². The van der Waals surface area contributed by atoms with Gasteiger partial charge in [-0.1, -0.05) is 90.4 Å². The highest BCUT2D eigenvalue weighted by Crippen LogP contribution is 2.36. The van der Waals surface area contributed by atoms with E-state index in [1.165, 1.54) is 111 Å². The minimum absolute atomic E-state index is 0.110. The minimum Gasteiger partial charge on any atom is -0.315 e. The Labute approximate surface area is 273 Å². The summed E-state index contributed by atoms with van der Waals surface area (Å²) in [7, 11) is 1.48. The number of nitrogens with zero attached hydrogens (tertiary/aromatic N) is 2. The number of halogens is 2. The lowest BCUT2D eigenvalue weighted by atomic mass is 10.0. The van der Waals surface area contributed by atoms with Gasteiger partial charge in [0.15, 0.2) is 0 Å². The minimum atomic E-state index is -0.836. The SMILES string of the molecule is CCCCCCCCCCCCCCCCN1C(=O)/C(=c2\[nH]c(=O)/c(=C3/C(=O)N(C)c4ccc(F)cc43)[nH]c2=O)c2cc(F)ccc21. The molecule has 2 aliphatic heterocycles. The Bertz CT molecular complexity index is 1880. The van der Waals surface area contributed by atoms with Crippen molar-refractivity contribution in [3.63, 3.8) is 0 Å². The molecule has 0 aliphatic carbocycles. The van der Waals surface area contributed by atoms with Crippen LogP contribution in [-0.4, -0.2) is 35.4 Å². The van der Waals surface area contributed by atoms with Gasteiger partial charge in [0, 0.05) is 24.7 Å². The molecule has 0 saturated carbocycles. The number of anilines is 2. The fraction of sp³-hybridized carbons (Fsp3) is 0.459. The number of H-pyrrole nitrogens is 2. The zero-order valence-electron chi connectivity index (χ0n) is 27.4. The maximum Gasteiger partial charge on any atom is 0.273 e. The van der Waals surface area contributed by atoms with Crippen molar-refractivity contribution in [1.29, 1.82) is 0 Å². The van der Waals surface area contributed by atoms with Gasteiger partial charge in [0.05, 0.1) is 22.5 Å². The van der Waals surface area contributed by atoms with Crippen LogP contribution in [0.25, 0.3) is 11.1 Å². The third kappa shape index (κ3) is 7.47. The first-order valence-electron chi connectivity index (χ1n) is 17.0. The van der Waals surface area contributed by atoms with Gasteiger partial charge in [-0.05, 0) is 42.8 Å². The van der Waals surface area contributed by atoms with Crippen molar-refractivity contribution < 1.29 is 18.4 Å². The molecule has 3 heterocycles. The number of fused-ring (bicyclic) bond motifs is 2. The van der Waals surface area contributed by atoms with Crippen molar-refractivity contribution >= 4 is 34.3 Å². The molecule has 3 aromatic rings. The standard InChI is InChI=1S/C37H44F2N4O4/c1-3-4-5-6-7-8-9-10-11-12-13-14-15-16-21-43-29-20-18-25(39)23-27(29)31(37(43)47)33-35(45)40-32(34(44)41-33)30-26-22-24(38)17-19-28(26)42(2)36(30)46/h17-20,22-23H,3-16,21H2,1-2H3,(H,40,45)(H,41,44)/b32-30-,33-31-. The summed E-state index contributed by atoms with van der Waals surface area (Å²) in [5, 5.41) is -0.664. The first-order valence-corrected chi connectivity index (χ1v) is 17.0. The third-order valence-electron chi connectivity index (χ3n) is 9.25. The lowest BCUT2D eigenvalue weighted by molar-refractivity contribution is -0.113. The van der Waals surface area contributed by atoms with E-state index in [2.05, 4.69) is 16.9 Å². The van der Waals surface area contributed by atoms with E-state index in [9.17, 15) is 28.0 Å². The summed E-state index contributed by atoms with van der Waals surface area (Å²) < 4.78 is 28.5. The normalized spacial score (nSPS) is 16.3. The van der Waals surface area contributed by atoms with Crippen LogP contribution in [-0.2, 0) is 9.59 Å². The number of likely N-dealkylation sites (N-methyl/N-ethyl adjacent to an activating group) is 1. The number of amides is 2. The highest BCUT2D eigenvalue weighted by Gasteiger charge is 2.35. The highest BCUT2D eigenvalue weighted by atomic mass is 19.1. The van der Waals surface area contributed by atoms with Crippen molar-refractivity contribution in [1.82, 2.24) is 9.97 Å². The summed E-state index contributed by atoms with van der Waals surface area (Å²) >= 11 is 0. The number of rotatable bonds is 15. The number of hydrogen-bond donors (Lipinski definition) is 2. The molecule has 2 N–H and O–H groups in total. The largest absolute Gasteiger partial charge is 0.315 e. The molecule has 250 valence electrons. The van der Waals surface area contributed by atoms with Gasteiger partial charge in [0.2, 0.25) is 0 Å². The van der Waals surface area contributed by atoms with E-state index in [0.29, 0.717) is 17.9 Å². The second-order valence-corrected chi connectivity index (χ2v) is 12.6. The molecule has 47 heavy (non-hydrogen) atoms. The lowest BCUT2D eigenvalue weighted by Gasteiger charge is -2.17. The second kappa shape index (κ2) is 15.5. The topological polar surface area (TPSA) is 106 Å². The molecule has 2 aliphatic rings. The molecule has 1 aromatic heterocycles. The average Bonchev–Trinajstić information content (AvgIpc) is 3.45. The van der Waals surface area contributed by atoms with E-state index in [1.54, 1.807) is 0 Å². The molecule has 0 unspecified atom stereocenters. The summed E-state index contributed by atoms with van der Waals surface area (Å²) in [6, 6.07) is 7.70. The molecule has 5 rings (SSSR count). The predicted molar refractivity (Wildman–Crippen MR) is 181 cm³/mol. The molecule has 0 saturated heterocycles. The fourth-order valence-electron chi connectivity index (χ4n) is 6.68. The Morgan fingerprint density at radius 3 is 1.51 bits per heavy atom. The predicted octanol–water partition coefficient (Wildman–Crippen LogP) is 5.54. The first-order chi connectivity index (χ1) is 22.7. The van der Waals surface area contributed by atoms with Crippen LogP contribution in [0.1, 0.15) is 108 Å². The molecular formula is C37H44F2N4O4. The van der Waals surface area contributed by atoms with Gasteiger partial charge >= 0.3 is 0 Å². The van der Waals surface area contributed by atoms with Crippen molar-refractivity contribution in [2.45, 2.75) is 96.8 Å². The van der Waals surface area contributed by atoms with Crippen LogP contribution < -0.4 is 31.6 Å². The van der Waals surface area contributed by atoms with E-state index in [-0.39, 0.29) is 33.0 Å². The van der Waals surface area contributed by atoms with Gasteiger partial charge in [-0.25, -0.2) is 8.78 Å². The van der Waals surface area contributed by atoms with E-state index in [1.807, 2.05) is 0 Å². The smallest absolute Gasteiger partial charge is 0.273 e. The van der Waals surface area contributed by atoms with Crippen LogP contribution in [0.2, 0.25) is 0 Å². The molecule has 2 amide bonds. The summed E-state index contributed by atoms with van der Waals surface area (Å²) in [6.45, 7) is 2.63. The van der Waals surface area contributed by atoms with Crippen molar-refractivity contribution in [2.75, 3.05) is 23.4 Å². The number of hydrogen-bond acceptors (Lipinski definition) is 4. The van der Waals surface area contributed by atoms with Crippen LogP contribution in [0.3, 0.4) is 0 Å². The first kappa shape index (κ1) is 34.0. The van der Waals surface area contributed by atoms with Gasteiger partial charge in [0.1, 0.15) is 22.3 Å². The van der Waals surface area contributed by atoms with Crippen molar-refractivity contribution in [3.8, 4) is 0 Å². The van der Waals surface area contributed by atoms with Crippen LogP contribution in [0, 0.1) is 11.6 Å². The van der Waals surface area contributed by atoms with Crippen LogP contribution >= 0.6 is 0 Å². The van der Waals surface area contributed by atoms with E-state index in [0.717, 1.165) is 31.7 Å².